The molecule has 1 rings (SSSR count). The lowest BCUT2D eigenvalue weighted by Crippen LogP contribution is -2.35. The van der Waals surface area contributed by atoms with Crippen LogP contribution in [0.2, 0.25) is 0 Å². The number of hydrogen-bond acceptors (Lipinski definition) is 3. The van der Waals surface area contributed by atoms with Crippen LogP contribution in [0.3, 0.4) is 0 Å². The van der Waals surface area contributed by atoms with Crippen LogP contribution < -0.4 is 10.1 Å². The fraction of sp³-hybridized carbons (Fsp3) is 0.722. The summed E-state index contributed by atoms with van der Waals surface area (Å²) in [5.41, 5.74) is 2.23. The summed E-state index contributed by atoms with van der Waals surface area (Å²) in [4.78, 5) is 4.66. The topological polar surface area (TPSA) is 34.1 Å². The van der Waals surface area contributed by atoms with Crippen LogP contribution in [0, 0.1) is 0 Å². The van der Waals surface area contributed by atoms with Crippen LogP contribution >= 0.6 is 0 Å². The Morgan fingerprint density at radius 3 is 2.24 bits per heavy atom. The number of aromatic nitrogens is 1. The molecule has 3 nitrogen and oxygen atoms in total. The highest BCUT2D eigenvalue weighted by Gasteiger charge is 2.19. The van der Waals surface area contributed by atoms with Gasteiger partial charge in [0.2, 0.25) is 5.88 Å². The molecule has 0 atom stereocenters. The normalized spacial score (nSPS) is 12.8. The number of nitrogens with zero attached hydrogens (tertiary/aromatic N) is 1. The molecule has 0 saturated heterocycles. The summed E-state index contributed by atoms with van der Waals surface area (Å²) in [6.07, 6.45) is 0.955. The molecule has 0 aliphatic heterocycles. The number of nitrogens with one attached hydrogen (secondary N) is 1. The number of pyridine rings is 1. The van der Waals surface area contributed by atoms with Gasteiger partial charge < -0.3 is 10.1 Å². The van der Waals surface area contributed by atoms with Gasteiger partial charge in [0.05, 0.1) is 0 Å². The molecular formula is C18H32N2O. The van der Waals surface area contributed by atoms with E-state index < -0.39 is 0 Å². The van der Waals surface area contributed by atoms with E-state index in [2.05, 4.69) is 77.8 Å². The Labute approximate surface area is 130 Å². The van der Waals surface area contributed by atoms with Crippen LogP contribution in [0.25, 0.3) is 0 Å². The van der Waals surface area contributed by atoms with Crippen molar-refractivity contribution in [1.29, 1.82) is 0 Å². The van der Waals surface area contributed by atoms with E-state index in [1.54, 1.807) is 0 Å². The summed E-state index contributed by atoms with van der Waals surface area (Å²) in [5, 5.41) is 3.53. The Kier molecular flexibility index (Phi) is 5.80. The van der Waals surface area contributed by atoms with Crippen molar-refractivity contribution < 1.29 is 4.74 Å². The van der Waals surface area contributed by atoms with Gasteiger partial charge in [0.15, 0.2) is 0 Å². The molecule has 120 valence electrons. The predicted octanol–water partition coefficient (Wildman–Crippen LogP) is 4.66. The highest BCUT2D eigenvalue weighted by molar-refractivity contribution is 5.27. The smallest absolute Gasteiger partial charge is 0.214 e. The van der Waals surface area contributed by atoms with E-state index in [0.717, 1.165) is 24.5 Å². The van der Waals surface area contributed by atoms with Crippen molar-refractivity contribution in [2.45, 2.75) is 85.4 Å². The summed E-state index contributed by atoms with van der Waals surface area (Å²) in [7, 11) is 0. The zero-order chi connectivity index (χ0) is 16.3. The number of rotatable bonds is 6. The fourth-order valence-electron chi connectivity index (χ4n) is 1.75. The molecule has 0 fully saturated rings. The molecule has 0 aliphatic rings. The van der Waals surface area contributed by atoms with Crippen molar-refractivity contribution in [3.05, 3.63) is 23.4 Å². The third-order valence-electron chi connectivity index (χ3n) is 3.53. The average Bonchev–Trinajstić information content (AvgIpc) is 2.34. The molecule has 0 aromatic carbocycles. The summed E-state index contributed by atoms with van der Waals surface area (Å²) in [5.74, 6) is 1.13. The molecule has 1 N–H and O–H groups in total. The Hall–Kier alpha value is -1.09. The Balaban J connectivity index is 3.00. The van der Waals surface area contributed by atoms with E-state index in [-0.39, 0.29) is 11.1 Å². The first-order valence-corrected chi connectivity index (χ1v) is 7.97. The van der Waals surface area contributed by atoms with E-state index in [0.29, 0.717) is 5.92 Å². The second-order valence-electron chi connectivity index (χ2n) is 7.71. The second kappa shape index (κ2) is 6.78. The Morgan fingerprint density at radius 1 is 1.14 bits per heavy atom. The minimum Gasteiger partial charge on any atom is -0.472 e. The standard InChI is InChI=1S/C18H32N2O/c1-9-18(7,8)21-16-11-14(12-19-17(4,5)6)10-15(20-16)13(2)3/h10-11,13,19H,9,12H2,1-8H3. The Morgan fingerprint density at radius 2 is 1.76 bits per heavy atom. The van der Waals surface area contributed by atoms with Crippen molar-refractivity contribution in [3.8, 4) is 5.88 Å². The van der Waals surface area contributed by atoms with Crippen molar-refractivity contribution in [3.63, 3.8) is 0 Å². The molecule has 0 bridgehead atoms. The molecule has 21 heavy (non-hydrogen) atoms. The third-order valence-corrected chi connectivity index (χ3v) is 3.53. The summed E-state index contributed by atoms with van der Waals surface area (Å²) >= 11 is 0. The molecule has 0 radical (unpaired) electrons. The fourth-order valence-corrected chi connectivity index (χ4v) is 1.75. The van der Waals surface area contributed by atoms with E-state index in [1.807, 2.05) is 0 Å². The first kappa shape index (κ1) is 18.0. The maximum atomic E-state index is 6.08. The van der Waals surface area contributed by atoms with Crippen molar-refractivity contribution >= 4 is 0 Å². The first-order valence-electron chi connectivity index (χ1n) is 7.97. The van der Waals surface area contributed by atoms with Gasteiger partial charge in [-0.1, -0.05) is 20.8 Å². The monoisotopic (exact) mass is 292 g/mol. The van der Waals surface area contributed by atoms with Gasteiger partial charge in [-0.2, -0.15) is 0 Å². The maximum Gasteiger partial charge on any atom is 0.214 e. The SMILES string of the molecule is CCC(C)(C)Oc1cc(CNC(C)(C)C)cc(C(C)C)n1. The van der Waals surface area contributed by atoms with Gasteiger partial charge in [-0.3, -0.25) is 0 Å². The molecule has 1 aromatic rings. The van der Waals surface area contributed by atoms with Gasteiger partial charge in [0.25, 0.3) is 0 Å². The maximum absolute atomic E-state index is 6.08. The van der Waals surface area contributed by atoms with Crippen LogP contribution in [0.1, 0.15) is 79.0 Å². The van der Waals surface area contributed by atoms with Crippen LogP contribution in [0.4, 0.5) is 0 Å². The molecule has 0 aliphatic carbocycles. The summed E-state index contributed by atoms with van der Waals surface area (Å²) in [6.45, 7) is 18.0. The molecule has 0 amide bonds. The second-order valence-corrected chi connectivity index (χ2v) is 7.71. The lowest BCUT2D eigenvalue weighted by molar-refractivity contribution is 0.0985. The minimum atomic E-state index is -0.183. The first-order chi connectivity index (χ1) is 9.52. The number of ether oxygens (including phenoxy) is 1. The van der Waals surface area contributed by atoms with Gasteiger partial charge in [0.1, 0.15) is 5.60 Å². The lowest BCUT2D eigenvalue weighted by atomic mass is 10.0. The predicted molar refractivity (Wildman–Crippen MR) is 89.9 cm³/mol. The van der Waals surface area contributed by atoms with Crippen molar-refractivity contribution in [1.82, 2.24) is 10.3 Å². The molecule has 0 unspecified atom stereocenters. The highest BCUT2D eigenvalue weighted by atomic mass is 16.5. The highest BCUT2D eigenvalue weighted by Crippen LogP contribution is 2.24. The molecule has 1 aromatic heterocycles. The molecule has 0 spiro atoms. The lowest BCUT2D eigenvalue weighted by Gasteiger charge is -2.25. The van der Waals surface area contributed by atoms with E-state index in [4.69, 9.17) is 4.74 Å². The third kappa shape index (κ3) is 6.47. The van der Waals surface area contributed by atoms with E-state index in [9.17, 15) is 0 Å². The van der Waals surface area contributed by atoms with Gasteiger partial charge in [0, 0.05) is 23.8 Å². The molecule has 3 heteroatoms. The zero-order valence-corrected chi connectivity index (χ0v) is 15.0. The Bertz CT molecular complexity index is 459. The van der Waals surface area contributed by atoms with Crippen LogP contribution in [0.15, 0.2) is 12.1 Å². The average molecular weight is 292 g/mol. The van der Waals surface area contributed by atoms with Gasteiger partial charge in [-0.15, -0.1) is 0 Å². The molecular weight excluding hydrogens is 260 g/mol. The minimum absolute atomic E-state index is 0.102. The van der Waals surface area contributed by atoms with Gasteiger partial charge in [-0.25, -0.2) is 4.98 Å². The zero-order valence-electron chi connectivity index (χ0n) is 15.0. The van der Waals surface area contributed by atoms with Crippen molar-refractivity contribution in [2.75, 3.05) is 0 Å². The van der Waals surface area contributed by atoms with Crippen LogP contribution in [-0.4, -0.2) is 16.1 Å². The van der Waals surface area contributed by atoms with E-state index in [1.165, 1.54) is 5.56 Å². The van der Waals surface area contributed by atoms with Gasteiger partial charge >= 0.3 is 0 Å². The largest absolute Gasteiger partial charge is 0.472 e. The van der Waals surface area contributed by atoms with Crippen LogP contribution in [0.5, 0.6) is 5.88 Å². The quantitative estimate of drug-likeness (QED) is 0.828. The summed E-state index contributed by atoms with van der Waals surface area (Å²) in [6, 6.07) is 4.23. The number of hydrogen-bond donors (Lipinski definition) is 1. The molecule has 0 saturated carbocycles. The van der Waals surface area contributed by atoms with Gasteiger partial charge in [-0.05, 0) is 58.6 Å². The molecule has 1 heterocycles. The van der Waals surface area contributed by atoms with E-state index >= 15 is 0 Å². The summed E-state index contributed by atoms with van der Waals surface area (Å²) < 4.78 is 6.08. The van der Waals surface area contributed by atoms with Crippen molar-refractivity contribution in [2.24, 2.45) is 0 Å². The van der Waals surface area contributed by atoms with Crippen LogP contribution in [-0.2, 0) is 6.54 Å².